The normalized spacial score (nSPS) is 22.7. The number of hydrogen-bond acceptors (Lipinski definition) is 4. The number of carbonyl (C=O) groups excluding carboxylic acids is 2. The SMILES string of the molecule is CC(=O)C1=C(C)NC(=O)[C@H](C#N)[C@@H]1c1ccncc1. The molecule has 0 fully saturated rings. The van der Waals surface area contributed by atoms with E-state index in [0.29, 0.717) is 11.3 Å². The largest absolute Gasteiger partial charge is 0.328 e. The molecule has 0 spiro atoms. The summed E-state index contributed by atoms with van der Waals surface area (Å²) in [6, 6.07) is 5.44. The van der Waals surface area contributed by atoms with E-state index in [1.165, 1.54) is 6.92 Å². The predicted molar refractivity (Wildman–Crippen MR) is 67.6 cm³/mol. The molecule has 0 saturated heterocycles. The molecule has 1 aliphatic rings. The number of nitrogens with zero attached hydrogens (tertiary/aromatic N) is 2. The molecule has 2 heterocycles. The maximum Gasteiger partial charge on any atom is 0.242 e. The second-order valence-electron chi connectivity index (χ2n) is 4.45. The fourth-order valence-electron chi connectivity index (χ4n) is 2.43. The first-order valence-electron chi connectivity index (χ1n) is 5.88. The van der Waals surface area contributed by atoms with Gasteiger partial charge in [-0.15, -0.1) is 0 Å². The van der Waals surface area contributed by atoms with Crippen LogP contribution in [0.2, 0.25) is 0 Å². The molecule has 96 valence electrons. The average molecular weight is 255 g/mol. The van der Waals surface area contributed by atoms with E-state index in [-0.39, 0.29) is 11.7 Å². The first kappa shape index (κ1) is 13.0. The van der Waals surface area contributed by atoms with E-state index >= 15 is 0 Å². The number of aromatic nitrogens is 1. The van der Waals surface area contributed by atoms with Crippen LogP contribution < -0.4 is 5.32 Å². The Balaban J connectivity index is 2.62. The smallest absolute Gasteiger partial charge is 0.242 e. The van der Waals surface area contributed by atoms with Gasteiger partial charge in [0.05, 0.1) is 6.07 Å². The Bertz CT molecular complexity index is 599. The summed E-state index contributed by atoms with van der Waals surface area (Å²) >= 11 is 0. The van der Waals surface area contributed by atoms with E-state index in [2.05, 4.69) is 10.3 Å². The Morgan fingerprint density at radius 1 is 1.42 bits per heavy atom. The van der Waals surface area contributed by atoms with Gasteiger partial charge in [-0.3, -0.25) is 14.6 Å². The minimum atomic E-state index is -0.898. The molecule has 1 amide bonds. The third kappa shape index (κ3) is 2.25. The van der Waals surface area contributed by atoms with Gasteiger partial charge in [-0.25, -0.2) is 0 Å². The van der Waals surface area contributed by atoms with Crippen molar-refractivity contribution >= 4 is 11.7 Å². The van der Waals surface area contributed by atoms with Gasteiger partial charge in [0.2, 0.25) is 5.91 Å². The highest BCUT2D eigenvalue weighted by Crippen LogP contribution is 2.36. The van der Waals surface area contributed by atoms with Crippen molar-refractivity contribution in [1.82, 2.24) is 10.3 Å². The molecule has 1 aromatic rings. The lowest BCUT2D eigenvalue weighted by atomic mass is 9.76. The number of nitrogens with one attached hydrogen (secondary N) is 1. The van der Waals surface area contributed by atoms with Crippen molar-refractivity contribution in [2.45, 2.75) is 19.8 Å². The summed E-state index contributed by atoms with van der Waals surface area (Å²) in [6.45, 7) is 3.12. The van der Waals surface area contributed by atoms with Gasteiger partial charge in [0.1, 0.15) is 5.92 Å². The summed E-state index contributed by atoms with van der Waals surface area (Å²) in [5.41, 5.74) is 1.75. The van der Waals surface area contributed by atoms with E-state index in [1.807, 2.05) is 6.07 Å². The second kappa shape index (κ2) is 5.02. The average Bonchev–Trinajstić information content (AvgIpc) is 2.38. The molecule has 2 rings (SSSR count). The van der Waals surface area contributed by atoms with Crippen molar-refractivity contribution < 1.29 is 9.59 Å². The molecule has 5 nitrogen and oxygen atoms in total. The minimum Gasteiger partial charge on any atom is -0.328 e. The van der Waals surface area contributed by atoms with Crippen LogP contribution in [0, 0.1) is 17.2 Å². The molecule has 0 aromatic carbocycles. The third-order valence-electron chi connectivity index (χ3n) is 3.23. The maximum absolute atomic E-state index is 11.9. The number of hydrogen-bond donors (Lipinski definition) is 1. The van der Waals surface area contributed by atoms with Gasteiger partial charge in [-0.1, -0.05) is 0 Å². The molecule has 19 heavy (non-hydrogen) atoms. The van der Waals surface area contributed by atoms with E-state index in [1.54, 1.807) is 31.5 Å². The summed E-state index contributed by atoms with van der Waals surface area (Å²) in [5, 5.41) is 11.8. The first-order chi connectivity index (χ1) is 9.06. The molecule has 1 aromatic heterocycles. The van der Waals surface area contributed by atoms with E-state index in [0.717, 1.165) is 5.56 Å². The molecular weight excluding hydrogens is 242 g/mol. The zero-order chi connectivity index (χ0) is 14.0. The van der Waals surface area contributed by atoms with Crippen molar-refractivity contribution in [3.63, 3.8) is 0 Å². The number of ketones is 1. The fourth-order valence-corrected chi connectivity index (χ4v) is 2.43. The van der Waals surface area contributed by atoms with E-state index < -0.39 is 11.8 Å². The van der Waals surface area contributed by atoms with Crippen LogP contribution in [-0.2, 0) is 9.59 Å². The van der Waals surface area contributed by atoms with Crippen molar-refractivity contribution in [2.75, 3.05) is 0 Å². The lowest BCUT2D eigenvalue weighted by Crippen LogP contribution is -2.40. The van der Waals surface area contributed by atoms with Crippen LogP contribution in [0.1, 0.15) is 25.3 Å². The molecule has 2 atom stereocenters. The van der Waals surface area contributed by atoms with Gasteiger partial charge in [-0.05, 0) is 31.5 Å². The molecule has 0 bridgehead atoms. The van der Waals surface area contributed by atoms with Gasteiger partial charge < -0.3 is 5.32 Å². The Hall–Kier alpha value is -2.48. The fraction of sp³-hybridized carbons (Fsp3) is 0.286. The Morgan fingerprint density at radius 2 is 2.05 bits per heavy atom. The van der Waals surface area contributed by atoms with Crippen molar-refractivity contribution in [1.29, 1.82) is 5.26 Å². The molecule has 0 radical (unpaired) electrons. The zero-order valence-corrected chi connectivity index (χ0v) is 10.7. The molecule has 0 aliphatic carbocycles. The monoisotopic (exact) mass is 255 g/mol. The summed E-state index contributed by atoms with van der Waals surface area (Å²) < 4.78 is 0. The van der Waals surface area contributed by atoms with Crippen LogP contribution in [-0.4, -0.2) is 16.7 Å². The minimum absolute atomic E-state index is 0.139. The number of amides is 1. The van der Waals surface area contributed by atoms with Crippen molar-refractivity contribution in [2.24, 2.45) is 5.92 Å². The highest BCUT2D eigenvalue weighted by Gasteiger charge is 2.39. The number of Topliss-reactive ketones (excluding diaryl/α,β-unsaturated/α-hetero) is 1. The quantitative estimate of drug-likeness (QED) is 0.863. The molecule has 0 unspecified atom stereocenters. The molecule has 0 saturated carbocycles. The Labute approximate surface area is 111 Å². The number of nitriles is 1. The predicted octanol–water partition coefficient (Wildman–Crippen LogP) is 1.30. The summed E-state index contributed by atoms with van der Waals surface area (Å²) in [4.78, 5) is 27.6. The summed E-state index contributed by atoms with van der Waals surface area (Å²) in [7, 11) is 0. The number of carbonyl (C=O) groups is 2. The first-order valence-corrected chi connectivity index (χ1v) is 5.88. The van der Waals surface area contributed by atoms with Gasteiger partial charge >= 0.3 is 0 Å². The summed E-state index contributed by atoms with van der Waals surface area (Å²) in [6.07, 6.45) is 3.17. The molecule has 1 N–H and O–H groups in total. The van der Waals surface area contributed by atoms with Crippen LogP contribution in [0.3, 0.4) is 0 Å². The van der Waals surface area contributed by atoms with Crippen LogP contribution in [0.5, 0.6) is 0 Å². The second-order valence-corrected chi connectivity index (χ2v) is 4.45. The Kier molecular flexibility index (Phi) is 3.43. The van der Waals surface area contributed by atoms with Crippen LogP contribution >= 0.6 is 0 Å². The number of pyridine rings is 1. The van der Waals surface area contributed by atoms with Crippen LogP contribution in [0.4, 0.5) is 0 Å². The van der Waals surface area contributed by atoms with E-state index in [9.17, 15) is 14.9 Å². The topological polar surface area (TPSA) is 82.9 Å². The van der Waals surface area contributed by atoms with Crippen LogP contribution in [0.25, 0.3) is 0 Å². The lowest BCUT2D eigenvalue weighted by molar-refractivity contribution is -0.123. The molecular formula is C14H13N3O2. The van der Waals surface area contributed by atoms with Gasteiger partial charge in [-0.2, -0.15) is 5.26 Å². The third-order valence-corrected chi connectivity index (χ3v) is 3.23. The van der Waals surface area contributed by atoms with Crippen molar-refractivity contribution in [3.8, 4) is 6.07 Å². The van der Waals surface area contributed by atoms with Gasteiger partial charge in [0.25, 0.3) is 0 Å². The highest BCUT2D eigenvalue weighted by molar-refractivity contribution is 6.00. The molecule has 1 aliphatic heterocycles. The zero-order valence-electron chi connectivity index (χ0n) is 10.7. The Morgan fingerprint density at radius 3 is 2.58 bits per heavy atom. The number of allylic oxidation sites excluding steroid dienone is 2. The summed E-state index contributed by atoms with van der Waals surface area (Å²) in [5.74, 6) is -1.93. The lowest BCUT2D eigenvalue weighted by Gasteiger charge is -2.29. The maximum atomic E-state index is 11.9. The van der Waals surface area contributed by atoms with Gasteiger partial charge in [0.15, 0.2) is 5.78 Å². The van der Waals surface area contributed by atoms with Crippen molar-refractivity contribution in [3.05, 3.63) is 41.4 Å². The highest BCUT2D eigenvalue weighted by atomic mass is 16.2. The van der Waals surface area contributed by atoms with Crippen LogP contribution in [0.15, 0.2) is 35.8 Å². The van der Waals surface area contributed by atoms with Gasteiger partial charge in [0, 0.05) is 29.6 Å². The standard InChI is InChI=1S/C14H13N3O2/c1-8-12(9(2)18)13(10-3-5-16-6-4-10)11(7-15)14(19)17-8/h3-6,11,13H,1-2H3,(H,17,19)/t11-,13+/m1/s1. The van der Waals surface area contributed by atoms with E-state index in [4.69, 9.17) is 0 Å². The molecule has 5 heteroatoms. The number of rotatable bonds is 2.